The van der Waals surface area contributed by atoms with Crippen molar-refractivity contribution < 1.29 is 9.47 Å². The van der Waals surface area contributed by atoms with E-state index in [1.165, 1.54) is 0 Å². The van der Waals surface area contributed by atoms with E-state index in [0.717, 1.165) is 21.7 Å². The number of hydrogen-bond donors (Lipinski definition) is 0. The summed E-state index contributed by atoms with van der Waals surface area (Å²) in [6.45, 7) is 0.438. The quantitative estimate of drug-likeness (QED) is 0.865. The maximum Gasteiger partial charge on any atom is 0.131 e. The Bertz CT molecular complexity index is 485. The zero-order valence-electron chi connectivity index (χ0n) is 9.39. The molecule has 0 saturated heterocycles. The Kier molecular flexibility index (Phi) is 3.98. The lowest BCUT2D eigenvalue weighted by atomic mass is 10.3. The van der Waals surface area contributed by atoms with Gasteiger partial charge in [0, 0.05) is 10.7 Å². The Balaban J connectivity index is 2.00. The molecule has 1 heterocycles. The van der Waals surface area contributed by atoms with Gasteiger partial charge in [-0.25, -0.2) is 0 Å². The van der Waals surface area contributed by atoms with Crippen LogP contribution in [0.15, 0.2) is 47.1 Å². The fourth-order valence-electron chi connectivity index (χ4n) is 1.35. The predicted octanol–water partition coefficient (Wildman–Crippen LogP) is 3.43. The first-order valence-electron chi connectivity index (χ1n) is 5.16. The molecule has 0 bridgehead atoms. The summed E-state index contributed by atoms with van der Waals surface area (Å²) >= 11 is 3.43. The van der Waals surface area contributed by atoms with Crippen molar-refractivity contribution >= 4 is 15.9 Å². The molecule has 88 valence electrons. The number of nitrogens with zero attached hydrogens (tertiary/aromatic N) is 1. The van der Waals surface area contributed by atoms with Gasteiger partial charge in [-0.05, 0) is 52.3 Å². The van der Waals surface area contributed by atoms with Crippen molar-refractivity contribution in [1.29, 1.82) is 0 Å². The van der Waals surface area contributed by atoms with Crippen LogP contribution < -0.4 is 9.47 Å². The van der Waals surface area contributed by atoms with E-state index < -0.39 is 0 Å². The van der Waals surface area contributed by atoms with Gasteiger partial charge in [0.2, 0.25) is 0 Å². The monoisotopic (exact) mass is 293 g/mol. The van der Waals surface area contributed by atoms with Crippen LogP contribution in [-0.4, -0.2) is 12.1 Å². The molecule has 0 amide bonds. The van der Waals surface area contributed by atoms with Crippen molar-refractivity contribution in [2.24, 2.45) is 0 Å². The molecular weight excluding hydrogens is 282 g/mol. The summed E-state index contributed by atoms with van der Waals surface area (Å²) in [6, 6.07) is 11.3. The van der Waals surface area contributed by atoms with Crippen molar-refractivity contribution in [2.45, 2.75) is 6.61 Å². The van der Waals surface area contributed by atoms with Gasteiger partial charge in [0.1, 0.15) is 18.1 Å². The lowest BCUT2D eigenvalue weighted by molar-refractivity contribution is 0.300. The number of halogens is 1. The highest BCUT2D eigenvalue weighted by molar-refractivity contribution is 9.10. The molecule has 0 N–H and O–H groups in total. The van der Waals surface area contributed by atoms with E-state index in [2.05, 4.69) is 20.9 Å². The highest BCUT2D eigenvalue weighted by Crippen LogP contribution is 2.19. The summed E-state index contributed by atoms with van der Waals surface area (Å²) in [5.41, 5.74) is 0.878. The second kappa shape index (κ2) is 5.68. The van der Waals surface area contributed by atoms with E-state index in [1.807, 2.05) is 36.4 Å². The van der Waals surface area contributed by atoms with Gasteiger partial charge in [0.15, 0.2) is 0 Å². The standard InChI is InChI=1S/C13H12BrNO2/c1-16-10-4-6-11(7-5-10)17-9-13-12(14)3-2-8-15-13/h2-8H,9H2,1H3. The molecular formula is C13H12BrNO2. The van der Waals surface area contributed by atoms with Gasteiger partial charge in [-0.15, -0.1) is 0 Å². The third-order valence-electron chi connectivity index (χ3n) is 2.27. The summed E-state index contributed by atoms with van der Waals surface area (Å²) in [5.74, 6) is 1.61. The van der Waals surface area contributed by atoms with Crippen molar-refractivity contribution in [3.8, 4) is 11.5 Å². The van der Waals surface area contributed by atoms with E-state index in [0.29, 0.717) is 6.61 Å². The molecule has 17 heavy (non-hydrogen) atoms. The van der Waals surface area contributed by atoms with Crippen LogP contribution in [0.2, 0.25) is 0 Å². The summed E-state index contributed by atoms with van der Waals surface area (Å²) in [4.78, 5) is 4.23. The fraction of sp³-hybridized carbons (Fsp3) is 0.154. The largest absolute Gasteiger partial charge is 0.497 e. The molecule has 0 spiro atoms. The number of aromatic nitrogens is 1. The zero-order valence-corrected chi connectivity index (χ0v) is 11.0. The first kappa shape index (κ1) is 11.9. The van der Waals surface area contributed by atoms with E-state index in [1.54, 1.807) is 13.3 Å². The average molecular weight is 294 g/mol. The van der Waals surface area contributed by atoms with Gasteiger partial charge in [-0.2, -0.15) is 0 Å². The summed E-state index contributed by atoms with van der Waals surface area (Å²) in [5, 5.41) is 0. The molecule has 0 radical (unpaired) electrons. The van der Waals surface area contributed by atoms with Gasteiger partial charge in [-0.3, -0.25) is 4.98 Å². The van der Waals surface area contributed by atoms with E-state index in [9.17, 15) is 0 Å². The molecule has 3 nitrogen and oxygen atoms in total. The summed E-state index contributed by atoms with van der Waals surface area (Å²) < 4.78 is 11.7. The molecule has 2 aromatic rings. The van der Waals surface area contributed by atoms with Crippen LogP contribution in [-0.2, 0) is 6.61 Å². The van der Waals surface area contributed by atoms with Crippen molar-refractivity contribution in [3.63, 3.8) is 0 Å². The number of benzene rings is 1. The molecule has 1 aromatic carbocycles. The second-order valence-electron chi connectivity index (χ2n) is 3.40. The van der Waals surface area contributed by atoms with E-state index in [4.69, 9.17) is 9.47 Å². The zero-order chi connectivity index (χ0) is 12.1. The number of rotatable bonds is 4. The van der Waals surface area contributed by atoms with Gasteiger partial charge in [-0.1, -0.05) is 0 Å². The molecule has 0 unspecified atom stereocenters. The van der Waals surface area contributed by atoms with Gasteiger partial charge >= 0.3 is 0 Å². The SMILES string of the molecule is COc1ccc(OCc2ncccc2Br)cc1. The van der Waals surface area contributed by atoms with Crippen molar-refractivity contribution in [1.82, 2.24) is 4.98 Å². The number of hydrogen-bond acceptors (Lipinski definition) is 3. The molecule has 2 rings (SSSR count). The molecule has 0 atom stereocenters. The Morgan fingerprint density at radius 1 is 1.12 bits per heavy atom. The average Bonchev–Trinajstić information content (AvgIpc) is 2.38. The first-order chi connectivity index (χ1) is 8.29. The smallest absolute Gasteiger partial charge is 0.131 e. The third-order valence-corrected chi connectivity index (χ3v) is 2.99. The van der Waals surface area contributed by atoms with Gasteiger partial charge in [0.25, 0.3) is 0 Å². The lowest BCUT2D eigenvalue weighted by Crippen LogP contribution is -1.98. The van der Waals surface area contributed by atoms with Crippen LogP contribution in [0.1, 0.15) is 5.69 Å². The normalized spacial score (nSPS) is 10.0. The highest BCUT2D eigenvalue weighted by Gasteiger charge is 2.01. The van der Waals surface area contributed by atoms with Crippen LogP contribution in [0.5, 0.6) is 11.5 Å². The molecule has 0 aliphatic carbocycles. The Morgan fingerprint density at radius 2 is 1.82 bits per heavy atom. The van der Waals surface area contributed by atoms with Crippen molar-refractivity contribution in [2.75, 3.05) is 7.11 Å². The molecule has 4 heteroatoms. The van der Waals surface area contributed by atoms with Crippen LogP contribution in [0.3, 0.4) is 0 Å². The van der Waals surface area contributed by atoms with Crippen LogP contribution in [0, 0.1) is 0 Å². The lowest BCUT2D eigenvalue weighted by Gasteiger charge is -2.07. The maximum atomic E-state index is 5.62. The topological polar surface area (TPSA) is 31.4 Å². The summed E-state index contributed by atoms with van der Waals surface area (Å²) in [6.07, 6.45) is 1.75. The number of methoxy groups -OCH3 is 1. The molecule has 0 fully saturated rings. The van der Waals surface area contributed by atoms with Gasteiger partial charge in [0.05, 0.1) is 12.8 Å². The van der Waals surface area contributed by atoms with Crippen LogP contribution in [0.4, 0.5) is 0 Å². The summed E-state index contributed by atoms with van der Waals surface area (Å²) in [7, 11) is 1.64. The fourth-order valence-corrected chi connectivity index (χ4v) is 1.72. The van der Waals surface area contributed by atoms with Crippen molar-refractivity contribution in [3.05, 3.63) is 52.8 Å². The second-order valence-corrected chi connectivity index (χ2v) is 4.25. The minimum Gasteiger partial charge on any atom is -0.497 e. The minimum absolute atomic E-state index is 0.438. The van der Waals surface area contributed by atoms with E-state index in [-0.39, 0.29) is 0 Å². The minimum atomic E-state index is 0.438. The van der Waals surface area contributed by atoms with Crippen LogP contribution >= 0.6 is 15.9 Å². The number of pyridine rings is 1. The molecule has 0 aliphatic rings. The molecule has 0 aliphatic heterocycles. The van der Waals surface area contributed by atoms with Gasteiger partial charge < -0.3 is 9.47 Å². The predicted molar refractivity (Wildman–Crippen MR) is 69.3 cm³/mol. The maximum absolute atomic E-state index is 5.62. The Morgan fingerprint density at radius 3 is 2.47 bits per heavy atom. The third kappa shape index (κ3) is 3.20. The highest BCUT2D eigenvalue weighted by atomic mass is 79.9. The van der Waals surface area contributed by atoms with E-state index >= 15 is 0 Å². The molecule has 1 aromatic heterocycles. The Labute approximate surface area is 109 Å². The molecule has 0 saturated carbocycles. The first-order valence-corrected chi connectivity index (χ1v) is 5.95. The Hall–Kier alpha value is -1.55. The van der Waals surface area contributed by atoms with Crippen LogP contribution in [0.25, 0.3) is 0 Å². The number of ether oxygens (including phenoxy) is 2.